The molecule has 1 aliphatic rings. The molecule has 3 rings (SSSR count). The number of ether oxygens (including phenoxy) is 2. The predicted octanol–water partition coefficient (Wildman–Crippen LogP) is 7.24. The van der Waals surface area contributed by atoms with Gasteiger partial charge in [-0.1, -0.05) is 37.4 Å². The number of likely N-dealkylation sites (N-methyl/N-ethyl adjacent to an activating group) is 1. The highest BCUT2D eigenvalue weighted by Gasteiger charge is 2.18. The minimum Gasteiger partial charge on any atom is -0.492 e. The molecule has 0 spiro atoms. The van der Waals surface area contributed by atoms with Crippen molar-refractivity contribution in [1.82, 2.24) is 9.80 Å². The van der Waals surface area contributed by atoms with Crippen LogP contribution in [0.1, 0.15) is 40.5 Å². The highest BCUT2D eigenvalue weighted by molar-refractivity contribution is 8.14. The molecular formula is C32H57ClN8O2P2S4. The highest BCUT2D eigenvalue weighted by Crippen LogP contribution is 2.19. The molecule has 0 radical (unpaired) electrons. The van der Waals surface area contributed by atoms with Crippen molar-refractivity contribution in [3.05, 3.63) is 48.5 Å². The summed E-state index contributed by atoms with van der Waals surface area (Å²) >= 11 is 12.5. The van der Waals surface area contributed by atoms with Crippen LogP contribution in [0.4, 0.5) is 11.4 Å². The molecule has 4 atom stereocenters. The molecule has 1 aliphatic heterocycles. The van der Waals surface area contributed by atoms with Crippen molar-refractivity contribution in [1.29, 1.82) is 5.41 Å². The van der Waals surface area contributed by atoms with Gasteiger partial charge in [0.05, 0.1) is 10.8 Å². The fourth-order valence-corrected chi connectivity index (χ4v) is 4.90. The van der Waals surface area contributed by atoms with E-state index in [1.807, 2.05) is 76.5 Å². The van der Waals surface area contributed by atoms with Gasteiger partial charge in [0.25, 0.3) is 0 Å². The van der Waals surface area contributed by atoms with E-state index in [1.54, 1.807) is 0 Å². The lowest BCUT2D eigenvalue weighted by Crippen LogP contribution is -2.34. The van der Waals surface area contributed by atoms with Crippen molar-refractivity contribution in [3.8, 4) is 11.5 Å². The first-order valence-electron chi connectivity index (χ1n) is 15.2. The maximum atomic E-state index is 6.64. The van der Waals surface area contributed by atoms with Gasteiger partial charge in [0.1, 0.15) is 24.7 Å². The zero-order valence-corrected chi connectivity index (χ0v) is 36.6. The first kappa shape index (κ1) is 51.8. The normalized spacial score (nSPS) is 13.2. The molecule has 0 saturated carbocycles. The fourth-order valence-electron chi connectivity index (χ4n) is 3.76. The van der Waals surface area contributed by atoms with Gasteiger partial charge in [-0.05, 0) is 138 Å². The molecule has 278 valence electrons. The minimum absolute atomic E-state index is 0. The van der Waals surface area contributed by atoms with Crippen LogP contribution in [0, 0.1) is 5.41 Å². The molecular weight excluding hydrogens is 754 g/mol. The number of anilines is 1. The third-order valence-corrected chi connectivity index (χ3v) is 8.11. The number of aliphatic imine (C=N–C) groups is 2. The lowest BCUT2D eigenvalue weighted by molar-refractivity contribution is 0.172. The summed E-state index contributed by atoms with van der Waals surface area (Å²) in [7, 11) is 4.07. The van der Waals surface area contributed by atoms with E-state index in [-0.39, 0.29) is 37.4 Å². The maximum Gasteiger partial charge on any atom is 0.199 e. The second kappa shape index (κ2) is 31.2. The van der Waals surface area contributed by atoms with Gasteiger partial charge in [0.2, 0.25) is 0 Å². The quantitative estimate of drug-likeness (QED) is 0.0748. The predicted molar refractivity (Wildman–Crippen MR) is 237 cm³/mol. The Morgan fingerprint density at radius 2 is 1.47 bits per heavy atom. The van der Waals surface area contributed by atoms with Crippen LogP contribution in [-0.4, -0.2) is 94.4 Å². The number of thioether (sulfide) groups is 2. The Balaban J connectivity index is -0.000000737. The van der Waals surface area contributed by atoms with Crippen LogP contribution in [0.5, 0.6) is 11.5 Å². The summed E-state index contributed by atoms with van der Waals surface area (Å²) in [4.78, 5) is 12.6. The SMILES string of the molecule is CCSC(=N)N.CCSC(N)=NC(=S)Nc1ccc(OC[C@@H](C)N2CCCC2)cc1.C[C@H](COc1ccc(N=C=S)cc1)N(C)C.Cl.P.P. The van der Waals surface area contributed by atoms with Crippen LogP contribution in [0.25, 0.3) is 0 Å². The first-order chi connectivity index (χ1) is 22.0. The zero-order valence-electron chi connectivity index (χ0n) is 29.6. The number of hydrogen-bond acceptors (Lipinski definition) is 10. The lowest BCUT2D eigenvalue weighted by Gasteiger charge is -2.23. The number of amidine groups is 2. The molecule has 2 aromatic carbocycles. The van der Waals surface area contributed by atoms with E-state index >= 15 is 0 Å². The number of thiocarbonyl (C=S) groups is 2. The number of isothiocyanates is 1. The van der Waals surface area contributed by atoms with E-state index in [4.69, 9.17) is 38.6 Å². The van der Waals surface area contributed by atoms with E-state index in [9.17, 15) is 0 Å². The van der Waals surface area contributed by atoms with E-state index in [0.29, 0.717) is 35.6 Å². The molecule has 6 N–H and O–H groups in total. The topological polar surface area (TPSA) is 138 Å². The number of likely N-dealkylation sites (tertiary alicyclic amines) is 1. The second-order valence-corrected chi connectivity index (χ2v) is 13.5. The Kier molecular flexibility index (Phi) is 33.0. The Labute approximate surface area is 326 Å². The number of nitrogens with zero attached hydrogens (tertiary/aromatic N) is 4. The van der Waals surface area contributed by atoms with Crippen LogP contribution in [0.2, 0.25) is 0 Å². The van der Waals surface area contributed by atoms with Crippen LogP contribution < -0.4 is 26.3 Å². The molecule has 1 heterocycles. The first-order valence-corrected chi connectivity index (χ1v) is 18.0. The third-order valence-electron chi connectivity index (χ3n) is 6.55. The van der Waals surface area contributed by atoms with Gasteiger partial charge in [-0.25, -0.2) is 0 Å². The molecule has 0 bridgehead atoms. The van der Waals surface area contributed by atoms with Gasteiger partial charge in [-0.3, -0.25) is 10.3 Å². The van der Waals surface area contributed by atoms with Crippen LogP contribution in [-0.2, 0) is 0 Å². The largest absolute Gasteiger partial charge is 0.492 e. The summed E-state index contributed by atoms with van der Waals surface area (Å²) in [6, 6.07) is 16.1. The Morgan fingerprint density at radius 1 is 0.959 bits per heavy atom. The number of hydrogen-bond donors (Lipinski definition) is 4. The molecule has 0 aromatic heterocycles. The average Bonchev–Trinajstić information content (AvgIpc) is 3.56. The van der Waals surface area contributed by atoms with Gasteiger partial charge in [0.15, 0.2) is 15.4 Å². The summed E-state index contributed by atoms with van der Waals surface area (Å²) < 4.78 is 11.5. The van der Waals surface area contributed by atoms with E-state index in [2.05, 4.69) is 56.3 Å². The minimum atomic E-state index is 0. The van der Waals surface area contributed by atoms with Crippen LogP contribution in [0.15, 0.2) is 58.5 Å². The van der Waals surface area contributed by atoms with Crippen molar-refractivity contribution >= 4 is 112 Å². The lowest BCUT2D eigenvalue weighted by atomic mass is 10.3. The van der Waals surface area contributed by atoms with Crippen LogP contribution >= 0.6 is 80.2 Å². The number of rotatable bonds is 12. The van der Waals surface area contributed by atoms with Crippen molar-refractivity contribution in [2.75, 3.05) is 57.2 Å². The second-order valence-electron chi connectivity index (χ2n) is 10.4. The molecule has 10 nitrogen and oxygen atoms in total. The van der Waals surface area contributed by atoms with Crippen molar-refractivity contribution in [2.45, 2.75) is 52.6 Å². The van der Waals surface area contributed by atoms with Crippen LogP contribution in [0.3, 0.4) is 0 Å². The third kappa shape index (κ3) is 25.1. The van der Waals surface area contributed by atoms with Gasteiger partial charge in [-0.15, -0.1) is 12.4 Å². The summed E-state index contributed by atoms with van der Waals surface area (Å²) in [5, 5.41) is 13.1. The Hall–Kier alpha value is -1.56. The Bertz CT molecular complexity index is 1250. The molecule has 2 unspecified atom stereocenters. The van der Waals surface area contributed by atoms with Gasteiger partial charge in [0, 0.05) is 17.8 Å². The van der Waals surface area contributed by atoms with Crippen molar-refractivity contribution in [3.63, 3.8) is 0 Å². The summed E-state index contributed by atoms with van der Waals surface area (Å²) in [6.45, 7) is 12.1. The van der Waals surface area contributed by atoms with E-state index in [0.717, 1.165) is 34.4 Å². The molecule has 1 saturated heterocycles. The summed E-state index contributed by atoms with van der Waals surface area (Å²) in [6.07, 6.45) is 2.60. The van der Waals surface area contributed by atoms with E-state index < -0.39 is 0 Å². The smallest absolute Gasteiger partial charge is 0.199 e. The zero-order chi connectivity index (χ0) is 34.3. The van der Waals surface area contributed by atoms with Crippen molar-refractivity contribution < 1.29 is 9.47 Å². The van der Waals surface area contributed by atoms with Gasteiger partial charge in [-0.2, -0.15) is 29.8 Å². The molecule has 2 aromatic rings. The molecule has 0 amide bonds. The average molecular weight is 812 g/mol. The summed E-state index contributed by atoms with van der Waals surface area (Å²) in [5.74, 6) is 3.48. The van der Waals surface area contributed by atoms with Gasteiger partial charge < -0.3 is 31.2 Å². The number of nitrogens with two attached hydrogens (primary N) is 2. The highest BCUT2D eigenvalue weighted by atomic mass is 35.5. The number of benzene rings is 2. The van der Waals surface area contributed by atoms with Crippen molar-refractivity contribution in [2.24, 2.45) is 21.5 Å². The molecule has 1 fully saturated rings. The summed E-state index contributed by atoms with van der Waals surface area (Å²) in [5.41, 5.74) is 12.4. The maximum absolute atomic E-state index is 6.64. The van der Waals surface area contributed by atoms with E-state index in [1.165, 1.54) is 49.5 Å². The Morgan fingerprint density at radius 3 is 1.92 bits per heavy atom. The standard InChI is InChI=1S/C17H26N4OS2.C12H16N2OS.C3H8N2S.ClH.2H3P/c1-3-24-16(18)20-17(23)19-14-6-8-15(9-7-14)22-12-13(2)21-10-4-5-11-21;1-10(14(2)3)8-15-12-6-4-11(5-7-12)13-9-16;1-2-6-3(4)5;;;/h6-9,13H,3-5,10-12H2,1-2H3,(H3,18,19,20,23);4-7,10H,8H2,1-3H3;2H2,1H3,(H3,4,5);1H;2*1H3/t13-;10-;;;;/m11..../s1. The van der Waals surface area contributed by atoms with Gasteiger partial charge >= 0.3 is 0 Å². The monoisotopic (exact) mass is 810 g/mol. The number of halogens is 1. The number of nitrogens with one attached hydrogen (secondary N) is 2. The molecule has 0 aliphatic carbocycles. The fraction of sp³-hybridized carbons (Fsp3) is 0.500. The molecule has 49 heavy (non-hydrogen) atoms. The molecule has 17 heteroatoms.